The maximum atomic E-state index is 11.5. The zero-order valence-corrected chi connectivity index (χ0v) is 11.6. The van der Waals surface area contributed by atoms with Crippen molar-refractivity contribution in [2.24, 2.45) is 5.92 Å². The molecule has 0 saturated heterocycles. The summed E-state index contributed by atoms with van der Waals surface area (Å²) in [6.07, 6.45) is 5.11. The predicted molar refractivity (Wildman–Crippen MR) is 69.8 cm³/mol. The van der Waals surface area contributed by atoms with E-state index in [2.05, 4.69) is 25.2 Å². The van der Waals surface area contributed by atoms with Crippen molar-refractivity contribution in [3.63, 3.8) is 0 Å². The Labute approximate surface area is 109 Å². The van der Waals surface area contributed by atoms with Crippen LogP contribution in [0.15, 0.2) is 12.7 Å². The van der Waals surface area contributed by atoms with Gasteiger partial charge in [0.05, 0.1) is 0 Å². The van der Waals surface area contributed by atoms with Crippen molar-refractivity contribution in [3.8, 4) is 0 Å². The molecule has 0 aromatic rings. The molecule has 18 heavy (non-hydrogen) atoms. The lowest BCUT2D eigenvalue weighted by molar-refractivity contribution is -0.170. The van der Waals surface area contributed by atoms with Crippen LogP contribution in [0.3, 0.4) is 0 Å². The number of carbonyl (C=O) groups excluding carboxylic acids is 2. The Balaban J connectivity index is 3.95. The molecule has 0 radical (unpaired) electrons. The minimum absolute atomic E-state index is 0.300. The van der Waals surface area contributed by atoms with Crippen molar-refractivity contribution in [2.75, 3.05) is 0 Å². The van der Waals surface area contributed by atoms with Gasteiger partial charge in [-0.15, -0.1) is 0 Å². The third kappa shape index (κ3) is 7.22. The number of hydrogen-bond acceptors (Lipinski definition) is 4. The first-order valence-corrected chi connectivity index (χ1v) is 6.40. The fourth-order valence-electron chi connectivity index (χ4n) is 1.54. The van der Waals surface area contributed by atoms with E-state index < -0.39 is 17.5 Å². The predicted octanol–water partition coefficient (Wildman–Crippen LogP) is 2.60. The van der Waals surface area contributed by atoms with E-state index in [1.165, 1.54) is 6.92 Å². The molecule has 0 aromatic carbocycles. The van der Waals surface area contributed by atoms with Crippen molar-refractivity contribution in [1.82, 2.24) is 0 Å². The summed E-state index contributed by atoms with van der Waals surface area (Å²) in [4.78, 5) is 22.3. The van der Waals surface area contributed by atoms with Gasteiger partial charge in [-0.3, -0.25) is 0 Å². The molecule has 0 aliphatic heterocycles. The second-order valence-electron chi connectivity index (χ2n) is 5.18. The average molecular weight is 256 g/mol. The molecule has 1 atom stereocenters. The van der Waals surface area contributed by atoms with Crippen molar-refractivity contribution in [2.45, 2.75) is 58.5 Å². The number of hydrogen-bond donors (Lipinski definition) is 1. The fraction of sp³-hybridized carbons (Fsp3) is 0.714. The quantitative estimate of drug-likeness (QED) is 0.314. The molecule has 0 aromatic heterocycles. The van der Waals surface area contributed by atoms with Gasteiger partial charge in [0.1, 0.15) is 0 Å². The molecule has 0 amide bonds. The van der Waals surface area contributed by atoms with Crippen LogP contribution in [0.1, 0.15) is 52.9 Å². The van der Waals surface area contributed by atoms with E-state index in [0.717, 1.165) is 31.8 Å². The van der Waals surface area contributed by atoms with Gasteiger partial charge in [0.15, 0.2) is 5.60 Å². The molecule has 0 aliphatic rings. The van der Waals surface area contributed by atoms with Crippen molar-refractivity contribution in [3.05, 3.63) is 12.7 Å². The Kier molecular flexibility index (Phi) is 7.51. The number of aliphatic hydroxyl groups is 1. The maximum absolute atomic E-state index is 11.5. The fourth-order valence-corrected chi connectivity index (χ4v) is 1.54. The van der Waals surface area contributed by atoms with E-state index in [-0.39, 0.29) is 0 Å². The van der Waals surface area contributed by atoms with Gasteiger partial charge in [0, 0.05) is 6.08 Å². The molecule has 0 saturated carbocycles. The van der Waals surface area contributed by atoms with Crippen molar-refractivity contribution >= 4 is 11.9 Å². The zero-order valence-electron chi connectivity index (χ0n) is 11.6. The summed E-state index contributed by atoms with van der Waals surface area (Å²) in [5.41, 5.74) is -1.60. The minimum atomic E-state index is -1.60. The molecule has 0 spiro atoms. The van der Waals surface area contributed by atoms with Crippen LogP contribution in [0.2, 0.25) is 0 Å². The van der Waals surface area contributed by atoms with Gasteiger partial charge >= 0.3 is 11.9 Å². The highest BCUT2D eigenvalue weighted by atomic mass is 16.6. The first kappa shape index (κ1) is 16.8. The maximum Gasteiger partial charge on any atom is 0.345 e. The SMILES string of the molecule is C=CC(=O)OC(=O)C(C)(O)CCCCCC(C)C. The highest BCUT2D eigenvalue weighted by Gasteiger charge is 2.32. The third-order valence-electron chi connectivity index (χ3n) is 2.74. The lowest BCUT2D eigenvalue weighted by Gasteiger charge is -2.20. The topological polar surface area (TPSA) is 63.6 Å². The van der Waals surface area contributed by atoms with E-state index in [1.807, 2.05) is 0 Å². The summed E-state index contributed by atoms with van der Waals surface area (Å²) in [5.74, 6) is -1.07. The molecule has 104 valence electrons. The molecule has 0 fully saturated rings. The van der Waals surface area contributed by atoms with Crippen LogP contribution in [0.5, 0.6) is 0 Å². The van der Waals surface area contributed by atoms with Gasteiger partial charge < -0.3 is 9.84 Å². The minimum Gasteiger partial charge on any atom is -0.388 e. The third-order valence-corrected chi connectivity index (χ3v) is 2.74. The summed E-state index contributed by atoms with van der Waals surface area (Å²) >= 11 is 0. The van der Waals surface area contributed by atoms with Crippen LogP contribution in [0.4, 0.5) is 0 Å². The average Bonchev–Trinajstić information content (AvgIpc) is 2.27. The first-order valence-electron chi connectivity index (χ1n) is 6.40. The van der Waals surface area contributed by atoms with E-state index in [0.29, 0.717) is 12.3 Å². The highest BCUT2D eigenvalue weighted by molar-refractivity contribution is 5.94. The van der Waals surface area contributed by atoms with Gasteiger partial charge in [-0.1, -0.05) is 39.7 Å². The van der Waals surface area contributed by atoms with Crippen LogP contribution in [-0.4, -0.2) is 22.6 Å². The molecular weight excluding hydrogens is 232 g/mol. The molecule has 0 heterocycles. The number of carbonyl (C=O) groups is 2. The summed E-state index contributed by atoms with van der Waals surface area (Å²) in [7, 11) is 0. The van der Waals surface area contributed by atoms with Crippen LogP contribution >= 0.6 is 0 Å². The smallest absolute Gasteiger partial charge is 0.345 e. The lowest BCUT2D eigenvalue weighted by Crippen LogP contribution is -2.37. The van der Waals surface area contributed by atoms with E-state index >= 15 is 0 Å². The Bertz CT molecular complexity index is 292. The summed E-state index contributed by atoms with van der Waals surface area (Å²) in [5, 5.41) is 9.87. The Morgan fingerprint density at radius 1 is 1.33 bits per heavy atom. The van der Waals surface area contributed by atoms with Gasteiger partial charge in [-0.25, -0.2) is 9.59 Å². The molecule has 0 bridgehead atoms. The summed E-state index contributed by atoms with van der Waals surface area (Å²) in [6.45, 7) is 8.88. The van der Waals surface area contributed by atoms with Crippen LogP contribution in [-0.2, 0) is 14.3 Å². The molecule has 1 N–H and O–H groups in total. The summed E-state index contributed by atoms with van der Waals surface area (Å²) < 4.78 is 4.41. The van der Waals surface area contributed by atoms with Crippen LogP contribution in [0, 0.1) is 5.92 Å². The van der Waals surface area contributed by atoms with E-state index in [1.54, 1.807) is 0 Å². The summed E-state index contributed by atoms with van der Waals surface area (Å²) in [6, 6.07) is 0. The second kappa shape index (κ2) is 8.03. The van der Waals surface area contributed by atoms with Crippen LogP contribution in [0.25, 0.3) is 0 Å². The number of esters is 2. The van der Waals surface area contributed by atoms with Crippen molar-refractivity contribution in [1.29, 1.82) is 0 Å². The Hall–Kier alpha value is -1.16. The van der Waals surface area contributed by atoms with Crippen LogP contribution < -0.4 is 0 Å². The van der Waals surface area contributed by atoms with Gasteiger partial charge in [0.25, 0.3) is 0 Å². The van der Waals surface area contributed by atoms with Gasteiger partial charge in [0.2, 0.25) is 0 Å². The molecular formula is C14H24O4. The molecule has 0 rings (SSSR count). The largest absolute Gasteiger partial charge is 0.388 e. The Morgan fingerprint density at radius 2 is 1.94 bits per heavy atom. The second-order valence-corrected chi connectivity index (χ2v) is 5.18. The monoisotopic (exact) mass is 256 g/mol. The normalized spacial score (nSPS) is 14.1. The number of unbranched alkanes of at least 4 members (excludes halogenated alkanes) is 2. The molecule has 4 nitrogen and oxygen atoms in total. The number of rotatable bonds is 8. The standard InChI is InChI=1S/C14H24O4/c1-5-12(15)18-13(16)14(4,17)10-8-6-7-9-11(2)3/h5,11,17H,1,6-10H2,2-4H3. The molecule has 0 aliphatic carbocycles. The zero-order chi connectivity index (χ0) is 14.2. The van der Waals surface area contributed by atoms with Gasteiger partial charge in [-0.2, -0.15) is 0 Å². The molecule has 4 heteroatoms. The highest BCUT2D eigenvalue weighted by Crippen LogP contribution is 2.18. The van der Waals surface area contributed by atoms with Crippen molar-refractivity contribution < 1.29 is 19.4 Å². The Morgan fingerprint density at radius 3 is 2.44 bits per heavy atom. The van der Waals surface area contributed by atoms with E-state index in [4.69, 9.17) is 0 Å². The number of ether oxygens (including phenoxy) is 1. The van der Waals surface area contributed by atoms with E-state index in [9.17, 15) is 14.7 Å². The lowest BCUT2D eigenvalue weighted by atomic mass is 9.97. The first-order chi connectivity index (χ1) is 8.29. The molecule has 1 unspecified atom stereocenters. The van der Waals surface area contributed by atoms with Gasteiger partial charge in [-0.05, 0) is 25.7 Å².